The Morgan fingerprint density at radius 3 is 2.47 bits per heavy atom. The lowest BCUT2D eigenvalue weighted by Crippen LogP contribution is -2.21. The van der Waals surface area contributed by atoms with Crippen LogP contribution in [-0.4, -0.2) is 12.5 Å². The normalized spacial score (nSPS) is 9.68. The van der Waals surface area contributed by atoms with Gasteiger partial charge in [-0.1, -0.05) is 30.3 Å². The second-order valence-electron chi connectivity index (χ2n) is 3.99. The molecule has 0 spiro atoms. The molecule has 2 aromatic carbocycles. The van der Waals surface area contributed by atoms with E-state index in [0.29, 0.717) is 11.3 Å². The summed E-state index contributed by atoms with van der Waals surface area (Å²) in [6.07, 6.45) is 0. The van der Waals surface area contributed by atoms with Crippen LogP contribution in [0.4, 0.5) is 5.69 Å². The zero-order valence-corrected chi connectivity index (χ0v) is 10.3. The highest BCUT2D eigenvalue weighted by atomic mass is 16.1. The van der Waals surface area contributed by atoms with Crippen molar-refractivity contribution in [2.75, 3.05) is 11.9 Å². The van der Waals surface area contributed by atoms with Gasteiger partial charge in [-0.15, -0.1) is 0 Å². The summed E-state index contributed by atoms with van der Waals surface area (Å²) >= 11 is 0. The maximum atomic E-state index is 11.2. The number of nitrogens with zero attached hydrogens (tertiary/aromatic N) is 1. The van der Waals surface area contributed by atoms with E-state index in [1.54, 1.807) is 18.2 Å². The molecule has 94 valence electrons. The number of nitriles is 1. The molecule has 0 saturated heterocycles. The van der Waals surface area contributed by atoms with Crippen molar-refractivity contribution in [3.05, 3.63) is 54.1 Å². The monoisotopic (exact) mass is 251 g/mol. The molecule has 3 N–H and O–H groups in total. The number of anilines is 1. The van der Waals surface area contributed by atoms with Crippen LogP contribution in [0.3, 0.4) is 0 Å². The number of amides is 1. The van der Waals surface area contributed by atoms with Crippen LogP contribution in [0.25, 0.3) is 11.1 Å². The highest BCUT2D eigenvalue weighted by Crippen LogP contribution is 2.24. The Kier molecular flexibility index (Phi) is 3.91. The first-order chi connectivity index (χ1) is 9.24. The molecule has 0 aromatic heterocycles. The minimum atomic E-state index is -0.231. The topological polar surface area (TPSA) is 78.9 Å². The summed E-state index contributed by atoms with van der Waals surface area (Å²) < 4.78 is 0. The van der Waals surface area contributed by atoms with E-state index in [1.165, 1.54) is 0 Å². The molecule has 19 heavy (non-hydrogen) atoms. The van der Waals surface area contributed by atoms with Gasteiger partial charge in [-0.3, -0.25) is 4.79 Å². The lowest BCUT2D eigenvalue weighted by atomic mass is 10.0. The fourth-order valence-electron chi connectivity index (χ4n) is 1.78. The third kappa shape index (κ3) is 2.97. The summed E-state index contributed by atoms with van der Waals surface area (Å²) in [6, 6.07) is 16.9. The molecule has 0 aliphatic heterocycles. The van der Waals surface area contributed by atoms with Gasteiger partial charge in [0.1, 0.15) is 0 Å². The molecular formula is C15H13N3O. The Morgan fingerprint density at radius 2 is 1.84 bits per heavy atom. The summed E-state index contributed by atoms with van der Waals surface area (Å²) in [7, 11) is 0. The number of hydrogen-bond acceptors (Lipinski definition) is 3. The van der Waals surface area contributed by atoms with Crippen molar-refractivity contribution < 1.29 is 4.79 Å². The highest BCUT2D eigenvalue weighted by molar-refractivity contribution is 5.92. The van der Waals surface area contributed by atoms with Crippen LogP contribution in [0, 0.1) is 11.3 Å². The van der Waals surface area contributed by atoms with E-state index in [2.05, 4.69) is 11.4 Å². The van der Waals surface area contributed by atoms with Crippen LogP contribution in [0.5, 0.6) is 0 Å². The van der Waals surface area contributed by atoms with Crippen molar-refractivity contribution in [2.24, 2.45) is 5.73 Å². The van der Waals surface area contributed by atoms with Crippen LogP contribution in [0.15, 0.2) is 48.5 Å². The number of benzene rings is 2. The molecule has 0 fully saturated rings. The van der Waals surface area contributed by atoms with Crippen molar-refractivity contribution in [3.63, 3.8) is 0 Å². The average Bonchev–Trinajstić information content (AvgIpc) is 2.48. The third-order valence-corrected chi connectivity index (χ3v) is 2.71. The maximum Gasteiger partial charge on any atom is 0.238 e. The van der Waals surface area contributed by atoms with Crippen molar-refractivity contribution in [3.8, 4) is 17.2 Å². The zero-order chi connectivity index (χ0) is 13.7. The van der Waals surface area contributed by atoms with Gasteiger partial charge in [-0.25, -0.2) is 0 Å². The molecule has 1 amide bonds. The van der Waals surface area contributed by atoms with E-state index in [0.717, 1.165) is 11.1 Å². The largest absolute Gasteiger partial charge is 0.325 e. The molecule has 0 saturated carbocycles. The lowest BCUT2D eigenvalue weighted by molar-refractivity contribution is -0.114. The van der Waals surface area contributed by atoms with E-state index < -0.39 is 0 Å². The van der Waals surface area contributed by atoms with Gasteiger partial charge in [0.2, 0.25) is 5.91 Å². The number of hydrogen-bond donors (Lipinski definition) is 2. The van der Waals surface area contributed by atoms with Crippen molar-refractivity contribution >= 4 is 11.6 Å². The number of rotatable bonds is 3. The van der Waals surface area contributed by atoms with E-state index in [4.69, 9.17) is 11.0 Å². The number of carbonyl (C=O) groups is 1. The van der Waals surface area contributed by atoms with Crippen molar-refractivity contribution in [1.29, 1.82) is 5.26 Å². The molecule has 2 aromatic rings. The first-order valence-corrected chi connectivity index (χ1v) is 5.84. The lowest BCUT2D eigenvalue weighted by Gasteiger charge is -2.07. The Morgan fingerprint density at radius 1 is 1.16 bits per heavy atom. The minimum absolute atomic E-state index is 0.0426. The summed E-state index contributed by atoms with van der Waals surface area (Å²) in [6.45, 7) is -0.0426. The molecule has 0 aliphatic carbocycles. The number of nitrogens with one attached hydrogen (secondary N) is 1. The van der Waals surface area contributed by atoms with Crippen LogP contribution in [0.1, 0.15) is 5.56 Å². The van der Waals surface area contributed by atoms with E-state index in [1.807, 2.05) is 30.3 Å². The summed E-state index contributed by atoms with van der Waals surface area (Å²) in [5.74, 6) is -0.231. The maximum absolute atomic E-state index is 11.2. The number of nitrogens with two attached hydrogens (primary N) is 1. The molecule has 0 unspecified atom stereocenters. The fourth-order valence-corrected chi connectivity index (χ4v) is 1.78. The van der Waals surface area contributed by atoms with Gasteiger partial charge in [0.25, 0.3) is 0 Å². The Balaban J connectivity index is 2.28. The molecular weight excluding hydrogens is 238 g/mol. The SMILES string of the molecule is N#Cc1ccccc1-c1ccc(NC(=O)CN)cc1. The van der Waals surface area contributed by atoms with Crippen molar-refractivity contribution in [1.82, 2.24) is 0 Å². The highest BCUT2D eigenvalue weighted by Gasteiger charge is 2.04. The first-order valence-electron chi connectivity index (χ1n) is 5.84. The smallest absolute Gasteiger partial charge is 0.238 e. The van der Waals surface area contributed by atoms with Crippen LogP contribution in [-0.2, 0) is 4.79 Å². The van der Waals surface area contributed by atoms with Crippen molar-refractivity contribution in [2.45, 2.75) is 0 Å². The first kappa shape index (κ1) is 12.8. The quantitative estimate of drug-likeness (QED) is 0.877. The van der Waals surface area contributed by atoms with E-state index >= 15 is 0 Å². The van der Waals surface area contributed by atoms with Crippen LogP contribution in [0.2, 0.25) is 0 Å². The molecule has 0 radical (unpaired) electrons. The van der Waals surface area contributed by atoms with E-state index in [9.17, 15) is 4.79 Å². The predicted octanol–water partition coefficient (Wildman–Crippen LogP) is 2.12. The fraction of sp³-hybridized carbons (Fsp3) is 0.0667. The Bertz CT molecular complexity index is 627. The van der Waals surface area contributed by atoms with E-state index in [-0.39, 0.29) is 12.5 Å². The van der Waals surface area contributed by atoms with Crippen LogP contribution < -0.4 is 11.1 Å². The van der Waals surface area contributed by atoms with Gasteiger partial charge in [-0.2, -0.15) is 5.26 Å². The Hall–Kier alpha value is -2.64. The van der Waals surface area contributed by atoms with Gasteiger partial charge in [-0.05, 0) is 29.3 Å². The molecule has 0 heterocycles. The molecule has 2 rings (SSSR count). The molecule has 0 atom stereocenters. The predicted molar refractivity (Wildman–Crippen MR) is 74.3 cm³/mol. The van der Waals surface area contributed by atoms with Gasteiger partial charge >= 0.3 is 0 Å². The van der Waals surface area contributed by atoms with Crippen LogP contribution >= 0.6 is 0 Å². The van der Waals surface area contributed by atoms with Gasteiger partial charge in [0, 0.05) is 5.69 Å². The van der Waals surface area contributed by atoms with Gasteiger partial charge in [0.15, 0.2) is 0 Å². The summed E-state index contributed by atoms with van der Waals surface area (Å²) in [5, 5.41) is 11.7. The molecule has 0 bridgehead atoms. The summed E-state index contributed by atoms with van der Waals surface area (Å²) in [5.41, 5.74) is 8.36. The second-order valence-corrected chi connectivity index (χ2v) is 3.99. The Labute approximate surface area is 111 Å². The average molecular weight is 251 g/mol. The van der Waals surface area contributed by atoms with Gasteiger partial charge < -0.3 is 11.1 Å². The minimum Gasteiger partial charge on any atom is -0.325 e. The third-order valence-electron chi connectivity index (χ3n) is 2.71. The standard InChI is InChI=1S/C15H13N3O/c16-9-12-3-1-2-4-14(12)11-5-7-13(8-6-11)18-15(19)10-17/h1-8H,10,17H2,(H,18,19). The second kappa shape index (κ2) is 5.80. The zero-order valence-electron chi connectivity index (χ0n) is 10.3. The molecule has 0 aliphatic rings. The molecule has 4 heteroatoms. The molecule has 4 nitrogen and oxygen atoms in total. The van der Waals surface area contributed by atoms with Gasteiger partial charge in [0.05, 0.1) is 18.2 Å². The summed E-state index contributed by atoms with van der Waals surface area (Å²) in [4.78, 5) is 11.2. The number of carbonyl (C=O) groups excluding carboxylic acids is 1.